The average Bonchev–Trinajstić information content (AvgIpc) is 3.43. The van der Waals surface area contributed by atoms with Crippen LogP contribution in [0.15, 0.2) is 54.6 Å². The van der Waals surface area contributed by atoms with Crippen LogP contribution < -0.4 is 10.1 Å². The Morgan fingerprint density at radius 2 is 1.97 bits per heavy atom. The fourth-order valence-electron chi connectivity index (χ4n) is 4.05. The summed E-state index contributed by atoms with van der Waals surface area (Å²) in [5, 5.41) is 7.73. The molecule has 3 aromatic rings. The minimum absolute atomic E-state index is 0.00285. The Bertz CT molecular complexity index is 1090. The SMILES string of the molecule is CC(C)NC(=O)N(Cc1c(-c2ccccc2)nn(C)c1Oc1ccc(F)cc1)C[C@@H]1CCCO1. The molecule has 8 heteroatoms. The molecule has 4 rings (SSSR count). The van der Waals surface area contributed by atoms with Gasteiger partial charge < -0.3 is 19.7 Å². The van der Waals surface area contributed by atoms with Gasteiger partial charge in [0.25, 0.3) is 0 Å². The maximum Gasteiger partial charge on any atom is 0.317 e. The van der Waals surface area contributed by atoms with Crippen molar-refractivity contribution in [1.29, 1.82) is 0 Å². The van der Waals surface area contributed by atoms with Crippen LogP contribution >= 0.6 is 0 Å². The molecule has 1 aliphatic rings. The zero-order chi connectivity index (χ0) is 24.1. The molecular weight excluding hydrogens is 435 g/mol. The number of carbonyl (C=O) groups excluding carboxylic acids is 1. The number of benzene rings is 2. The van der Waals surface area contributed by atoms with Crippen LogP contribution in [0.4, 0.5) is 9.18 Å². The van der Waals surface area contributed by atoms with E-state index < -0.39 is 0 Å². The van der Waals surface area contributed by atoms with Crippen molar-refractivity contribution in [3.05, 3.63) is 66.0 Å². The van der Waals surface area contributed by atoms with Crippen molar-refractivity contribution < 1.29 is 18.7 Å². The zero-order valence-corrected chi connectivity index (χ0v) is 19.8. The van der Waals surface area contributed by atoms with Crippen molar-refractivity contribution in [3.8, 4) is 22.9 Å². The third kappa shape index (κ3) is 5.75. The van der Waals surface area contributed by atoms with E-state index >= 15 is 0 Å². The summed E-state index contributed by atoms with van der Waals surface area (Å²) in [5.41, 5.74) is 2.42. The predicted octanol–water partition coefficient (Wildman–Crippen LogP) is 5.12. The van der Waals surface area contributed by atoms with E-state index in [9.17, 15) is 9.18 Å². The highest BCUT2D eigenvalue weighted by Gasteiger charge is 2.28. The first kappa shape index (κ1) is 23.8. The maximum atomic E-state index is 13.4. The maximum absolute atomic E-state index is 13.4. The van der Waals surface area contributed by atoms with Gasteiger partial charge in [0.1, 0.15) is 17.3 Å². The van der Waals surface area contributed by atoms with E-state index in [0.717, 1.165) is 29.7 Å². The largest absolute Gasteiger partial charge is 0.439 e. The van der Waals surface area contributed by atoms with Gasteiger partial charge in [-0.2, -0.15) is 5.10 Å². The molecule has 1 fully saturated rings. The van der Waals surface area contributed by atoms with Gasteiger partial charge in [-0.3, -0.25) is 0 Å². The number of hydrogen-bond donors (Lipinski definition) is 1. The molecule has 2 heterocycles. The smallest absolute Gasteiger partial charge is 0.317 e. The standard InChI is InChI=1S/C26H31FN4O3/c1-18(2)28-26(32)31(16-22-10-7-15-33-22)17-23-24(19-8-5-4-6-9-19)29-30(3)25(23)34-21-13-11-20(27)12-14-21/h4-6,8-9,11-14,18,22H,7,10,15-17H2,1-3H3,(H,28,32)/t22-/m0/s1. The summed E-state index contributed by atoms with van der Waals surface area (Å²) < 4.78 is 27.1. The number of nitrogens with zero attached hydrogens (tertiary/aromatic N) is 3. The van der Waals surface area contributed by atoms with Crippen LogP contribution in [0, 0.1) is 5.82 Å². The van der Waals surface area contributed by atoms with Gasteiger partial charge in [-0.15, -0.1) is 0 Å². The number of rotatable bonds is 8. The number of halogens is 1. The van der Waals surface area contributed by atoms with Crippen molar-refractivity contribution >= 4 is 6.03 Å². The van der Waals surface area contributed by atoms with Crippen molar-refractivity contribution in [2.45, 2.75) is 45.4 Å². The van der Waals surface area contributed by atoms with E-state index in [1.807, 2.05) is 44.2 Å². The molecule has 180 valence electrons. The highest BCUT2D eigenvalue weighted by atomic mass is 19.1. The van der Waals surface area contributed by atoms with Crippen LogP contribution in [-0.4, -0.2) is 46.0 Å². The number of urea groups is 1. The number of nitrogens with one attached hydrogen (secondary N) is 1. The molecule has 1 aliphatic heterocycles. The molecule has 0 unspecified atom stereocenters. The Hall–Kier alpha value is -3.39. The van der Waals surface area contributed by atoms with Gasteiger partial charge >= 0.3 is 6.03 Å². The second-order valence-electron chi connectivity index (χ2n) is 8.80. The second-order valence-corrected chi connectivity index (χ2v) is 8.80. The predicted molar refractivity (Wildman–Crippen MR) is 128 cm³/mol. The van der Waals surface area contributed by atoms with Gasteiger partial charge in [-0.25, -0.2) is 13.9 Å². The summed E-state index contributed by atoms with van der Waals surface area (Å²) in [6.45, 7) is 5.34. The van der Waals surface area contributed by atoms with Gasteiger partial charge in [0.15, 0.2) is 0 Å². The molecular formula is C26H31FN4O3. The van der Waals surface area contributed by atoms with Gasteiger partial charge in [0.05, 0.1) is 18.2 Å². The summed E-state index contributed by atoms with van der Waals surface area (Å²) in [4.78, 5) is 14.9. The van der Waals surface area contributed by atoms with Gasteiger partial charge in [-0.05, 0) is 51.0 Å². The number of aromatic nitrogens is 2. The van der Waals surface area contributed by atoms with Crippen molar-refractivity contribution in [2.24, 2.45) is 7.05 Å². The minimum atomic E-state index is -0.337. The topological polar surface area (TPSA) is 68.6 Å². The molecule has 1 saturated heterocycles. The molecule has 34 heavy (non-hydrogen) atoms. The summed E-state index contributed by atoms with van der Waals surface area (Å²) >= 11 is 0. The Labute approximate surface area is 199 Å². The highest BCUT2D eigenvalue weighted by Crippen LogP contribution is 2.34. The summed E-state index contributed by atoms with van der Waals surface area (Å²) in [6, 6.07) is 15.5. The number of carbonyl (C=O) groups is 1. The summed E-state index contributed by atoms with van der Waals surface area (Å²) in [5.74, 6) is 0.651. The zero-order valence-electron chi connectivity index (χ0n) is 19.8. The summed E-state index contributed by atoms with van der Waals surface area (Å²) in [6.07, 6.45) is 1.91. The van der Waals surface area contributed by atoms with Gasteiger partial charge in [0, 0.05) is 31.8 Å². The summed E-state index contributed by atoms with van der Waals surface area (Å²) in [7, 11) is 1.80. The third-order valence-corrected chi connectivity index (χ3v) is 5.66. The number of hydrogen-bond acceptors (Lipinski definition) is 4. The fraction of sp³-hybridized carbons (Fsp3) is 0.385. The second kappa shape index (κ2) is 10.7. The molecule has 2 amide bonds. The molecule has 0 aliphatic carbocycles. The van der Waals surface area contributed by atoms with Crippen LogP contribution in [0.5, 0.6) is 11.6 Å². The van der Waals surface area contributed by atoms with Crippen LogP contribution in [0.25, 0.3) is 11.3 Å². The molecule has 0 spiro atoms. The van der Waals surface area contributed by atoms with Crippen molar-refractivity contribution in [3.63, 3.8) is 0 Å². The average molecular weight is 467 g/mol. The van der Waals surface area contributed by atoms with Gasteiger partial charge in [0.2, 0.25) is 5.88 Å². The Balaban J connectivity index is 1.72. The molecule has 0 saturated carbocycles. The first-order valence-electron chi connectivity index (χ1n) is 11.6. The van der Waals surface area contributed by atoms with E-state index in [1.54, 1.807) is 28.8 Å². The third-order valence-electron chi connectivity index (χ3n) is 5.66. The van der Waals surface area contributed by atoms with Crippen LogP contribution in [0.2, 0.25) is 0 Å². The normalized spacial score (nSPS) is 15.5. The molecule has 0 bridgehead atoms. The van der Waals surface area contributed by atoms with Crippen LogP contribution in [0.1, 0.15) is 32.3 Å². The number of ether oxygens (including phenoxy) is 2. The lowest BCUT2D eigenvalue weighted by Crippen LogP contribution is -2.45. The van der Waals surface area contributed by atoms with E-state index in [1.165, 1.54) is 12.1 Å². The lowest BCUT2D eigenvalue weighted by atomic mass is 10.1. The first-order valence-corrected chi connectivity index (χ1v) is 11.6. The Kier molecular flexibility index (Phi) is 7.47. The fourth-order valence-corrected chi connectivity index (χ4v) is 4.05. The van der Waals surface area contributed by atoms with Gasteiger partial charge in [-0.1, -0.05) is 30.3 Å². The number of aryl methyl sites for hydroxylation is 1. The minimum Gasteiger partial charge on any atom is -0.439 e. The van der Waals surface area contributed by atoms with E-state index in [0.29, 0.717) is 24.8 Å². The highest BCUT2D eigenvalue weighted by molar-refractivity contribution is 5.75. The van der Waals surface area contributed by atoms with Crippen LogP contribution in [-0.2, 0) is 18.3 Å². The van der Waals surface area contributed by atoms with Crippen LogP contribution in [0.3, 0.4) is 0 Å². The van der Waals surface area contributed by atoms with Crippen molar-refractivity contribution in [1.82, 2.24) is 20.0 Å². The lowest BCUT2D eigenvalue weighted by Gasteiger charge is -2.27. The van der Waals surface area contributed by atoms with Crippen molar-refractivity contribution in [2.75, 3.05) is 13.2 Å². The lowest BCUT2D eigenvalue weighted by molar-refractivity contribution is 0.0789. The molecule has 0 radical (unpaired) electrons. The quantitative estimate of drug-likeness (QED) is 0.501. The van der Waals surface area contributed by atoms with E-state index in [2.05, 4.69) is 5.32 Å². The monoisotopic (exact) mass is 466 g/mol. The molecule has 2 aromatic carbocycles. The number of amides is 2. The Morgan fingerprint density at radius 1 is 1.24 bits per heavy atom. The molecule has 1 aromatic heterocycles. The molecule has 1 N–H and O–H groups in total. The Morgan fingerprint density at radius 3 is 2.62 bits per heavy atom. The molecule has 7 nitrogen and oxygen atoms in total. The van der Waals surface area contributed by atoms with E-state index in [4.69, 9.17) is 14.6 Å². The molecule has 1 atom stereocenters. The van der Waals surface area contributed by atoms with E-state index in [-0.39, 0.29) is 30.5 Å². The first-order chi connectivity index (χ1) is 16.4.